The molecule has 7 heteroatoms. The number of hydrogen-bond acceptors (Lipinski definition) is 6. The van der Waals surface area contributed by atoms with Crippen LogP contribution in [0, 0.1) is 12.8 Å². The summed E-state index contributed by atoms with van der Waals surface area (Å²) in [6.07, 6.45) is 5.38. The molecule has 118 valence electrons. The monoisotopic (exact) mass is 318 g/mol. The first-order chi connectivity index (χ1) is 10.7. The molecule has 0 spiro atoms. The van der Waals surface area contributed by atoms with Gasteiger partial charge in [-0.1, -0.05) is 11.8 Å². The van der Waals surface area contributed by atoms with Crippen molar-refractivity contribution in [2.75, 3.05) is 24.2 Å². The van der Waals surface area contributed by atoms with Crippen LogP contribution in [0.3, 0.4) is 0 Å². The summed E-state index contributed by atoms with van der Waals surface area (Å²) in [4.78, 5) is 2.33. The highest BCUT2D eigenvalue weighted by Crippen LogP contribution is 2.24. The van der Waals surface area contributed by atoms with Crippen LogP contribution in [0.15, 0.2) is 17.3 Å². The van der Waals surface area contributed by atoms with Crippen LogP contribution in [0.2, 0.25) is 0 Å². The van der Waals surface area contributed by atoms with Crippen LogP contribution in [-0.2, 0) is 13.5 Å². The summed E-state index contributed by atoms with van der Waals surface area (Å²) in [6, 6.07) is 4.09. The smallest absolute Gasteiger partial charge is 0.190 e. The van der Waals surface area contributed by atoms with Crippen LogP contribution >= 0.6 is 11.8 Å². The fourth-order valence-corrected chi connectivity index (χ4v) is 3.39. The lowest BCUT2D eigenvalue weighted by atomic mass is 9.93. The van der Waals surface area contributed by atoms with Crippen molar-refractivity contribution >= 4 is 17.6 Å². The Morgan fingerprint density at radius 1 is 1.14 bits per heavy atom. The lowest BCUT2D eigenvalue weighted by Gasteiger charge is -2.32. The van der Waals surface area contributed by atoms with Gasteiger partial charge in [-0.25, -0.2) is 0 Å². The number of rotatable bonds is 4. The molecule has 1 saturated heterocycles. The SMILES string of the molecule is CSc1nnc(CC2CCN(c3ccc(C)nn3)CC2)n1C. The van der Waals surface area contributed by atoms with E-state index in [0.29, 0.717) is 5.92 Å². The minimum absolute atomic E-state index is 0.673. The molecule has 0 aliphatic carbocycles. The van der Waals surface area contributed by atoms with E-state index in [4.69, 9.17) is 0 Å². The van der Waals surface area contributed by atoms with Crippen LogP contribution in [0.1, 0.15) is 24.4 Å². The third kappa shape index (κ3) is 3.24. The Labute approximate surface area is 135 Å². The standard InChI is InChI=1S/C15H22N6S/c1-11-4-5-13(17-16-11)21-8-6-12(7-9-21)10-14-18-19-15(22-3)20(14)2/h4-5,12H,6-10H2,1-3H3. The van der Waals surface area contributed by atoms with Crippen molar-refractivity contribution in [2.45, 2.75) is 31.3 Å². The predicted molar refractivity (Wildman–Crippen MR) is 88.2 cm³/mol. The molecule has 1 aliphatic rings. The number of hydrogen-bond donors (Lipinski definition) is 0. The van der Waals surface area contributed by atoms with Crippen LogP contribution in [0.5, 0.6) is 0 Å². The van der Waals surface area contributed by atoms with Gasteiger partial charge in [-0.05, 0) is 44.1 Å². The van der Waals surface area contributed by atoms with Gasteiger partial charge in [0.2, 0.25) is 0 Å². The van der Waals surface area contributed by atoms with Gasteiger partial charge in [0.25, 0.3) is 0 Å². The molecule has 0 atom stereocenters. The summed E-state index contributed by atoms with van der Waals surface area (Å²) < 4.78 is 2.11. The van der Waals surface area contributed by atoms with E-state index >= 15 is 0 Å². The van der Waals surface area contributed by atoms with Gasteiger partial charge in [0.05, 0.1) is 5.69 Å². The molecule has 3 heterocycles. The Kier molecular flexibility index (Phi) is 4.61. The molecular formula is C15H22N6S. The van der Waals surface area contributed by atoms with Gasteiger partial charge in [-0.3, -0.25) is 0 Å². The molecule has 0 saturated carbocycles. The quantitative estimate of drug-likeness (QED) is 0.805. The van der Waals surface area contributed by atoms with E-state index in [9.17, 15) is 0 Å². The summed E-state index contributed by atoms with van der Waals surface area (Å²) in [5, 5.41) is 18.0. The number of piperidine rings is 1. The molecule has 6 nitrogen and oxygen atoms in total. The molecule has 1 fully saturated rings. The molecule has 0 amide bonds. The second kappa shape index (κ2) is 6.64. The summed E-state index contributed by atoms with van der Waals surface area (Å²) >= 11 is 1.64. The molecule has 0 aromatic carbocycles. The van der Waals surface area contributed by atoms with E-state index in [0.717, 1.165) is 54.8 Å². The van der Waals surface area contributed by atoms with Crippen molar-refractivity contribution in [1.82, 2.24) is 25.0 Å². The molecule has 0 N–H and O–H groups in total. The Bertz CT molecular complexity index is 615. The number of aromatic nitrogens is 5. The van der Waals surface area contributed by atoms with Gasteiger partial charge in [-0.15, -0.1) is 15.3 Å². The Morgan fingerprint density at radius 2 is 1.91 bits per heavy atom. The van der Waals surface area contributed by atoms with E-state index in [-0.39, 0.29) is 0 Å². The highest BCUT2D eigenvalue weighted by molar-refractivity contribution is 7.98. The van der Waals surface area contributed by atoms with Gasteiger partial charge >= 0.3 is 0 Å². The first-order valence-corrected chi connectivity index (χ1v) is 8.87. The van der Waals surface area contributed by atoms with E-state index in [2.05, 4.69) is 43.0 Å². The molecule has 2 aromatic heterocycles. The maximum Gasteiger partial charge on any atom is 0.190 e. The maximum atomic E-state index is 4.32. The minimum atomic E-state index is 0.673. The van der Waals surface area contributed by atoms with Gasteiger partial charge in [0, 0.05) is 26.6 Å². The molecule has 22 heavy (non-hydrogen) atoms. The van der Waals surface area contributed by atoms with Crippen LogP contribution in [-0.4, -0.2) is 44.3 Å². The Hall–Kier alpha value is -1.63. The fraction of sp³-hybridized carbons (Fsp3) is 0.600. The van der Waals surface area contributed by atoms with Crippen LogP contribution in [0.25, 0.3) is 0 Å². The van der Waals surface area contributed by atoms with Crippen LogP contribution in [0.4, 0.5) is 5.82 Å². The summed E-state index contributed by atoms with van der Waals surface area (Å²) in [7, 11) is 2.05. The third-order valence-corrected chi connectivity index (χ3v) is 5.02. The van der Waals surface area contributed by atoms with E-state index < -0.39 is 0 Å². The Balaban J connectivity index is 1.57. The molecule has 0 radical (unpaired) electrons. The normalized spacial score (nSPS) is 16.2. The number of anilines is 1. The second-order valence-electron chi connectivity index (χ2n) is 5.83. The summed E-state index contributed by atoms with van der Waals surface area (Å²) in [5.74, 6) is 2.76. The van der Waals surface area contributed by atoms with Crippen molar-refractivity contribution in [3.05, 3.63) is 23.7 Å². The highest BCUT2D eigenvalue weighted by atomic mass is 32.2. The average Bonchev–Trinajstić information content (AvgIpc) is 2.89. The van der Waals surface area contributed by atoms with Gasteiger partial charge in [0.15, 0.2) is 11.0 Å². The zero-order chi connectivity index (χ0) is 15.5. The molecule has 0 unspecified atom stereocenters. The first kappa shape index (κ1) is 15.3. The van der Waals surface area contributed by atoms with Crippen molar-refractivity contribution in [3.8, 4) is 0 Å². The van der Waals surface area contributed by atoms with Crippen molar-refractivity contribution in [2.24, 2.45) is 13.0 Å². The van der Waals surface area contributed by atoms with Gasteiger partial charge < -0.3 is 9.47 Å². The van der Waals surface area contributed by atoms with E-state index in [1.54, 1.807) is 11.8 Å². The van der Waals surface area contributed by atoms with Gasteiger partial charge in [-0.2, -0.15) is 5.10 Å². The fourth-order valence-electron chi connectivity index (χ4n) is 2.89. The molecular weight excluding hydrogens is 296 g/mol. The number of nitrogens with zero attached hydrogens (tertiary/aromatic N) is 6. The zero-order valence-electron chi connectivity index (χ0n) is 13.4. The van der Waals surface area contributed by atoms with E-state index in [1.807, 2.05) is 19.2 Å². The zero-order valence-corrected chi connectivity index (χ0v) is 14.2. The van der Waals surface area contributed by atoms with Gasteiger partial charge in [0.1, 0.15) is 5.82 Å². The van der Waals surface area contributed by atoms with Crippen molar-refractivity contribution in [3.63, 3.8) is 0 Å². The lowest BCUT2D eigenvalue weighted by Crippen LogP contribution is -2.35. The minimum Gasteiger partial charge on any atom is -0.355 e. The van der Waals surface area contributed by atoms with Crippen molar-refractivity contribution in [1.29, 1.82) is 0 Å². The number of thioether (sulfide) groups is 1. The average molecular weight is 318 g/mol. The molecule has 0 bridgehead atoms. The largest absolute Gasteiger partial charge is 0.355 e. The lowest BCUT2D eigenvalue weighted by molar-refractivity contribution is 0.390. The predicted octanol–water partition coefficient (Wildman–Crippen LogP) is 2.09. The first-order valence-electron chi connectivity index (χ1n) is 7.65. The maximum absolute atomic E-state index is 4.32. The summed E-state index contributed by atoms with van der Waals surface area (Å²) in [6.45, 7) is 4.04. The van der Waals surface area contributed by atoms with Crippen molar-refractivity contribution < 1.29 is 0 Å². The van der Waals surface area contributed by atoms with E-state index in [1.165, 1.54) is 0 Å². The van der Waals surface area contributed by atoms with Crippen LogP contribution < -0.4 is 4.90 Å². The Morgan fingerprint density at radius 3 is 2.50 bits per heavy atom. The highest BCUT2D eigenvalue weighted by Gasteiger charge is 2.22. The number of aryl methyl sites for hydroxylation is 1. The second-order valence-corrected chi connectivity index (χ2v) is 6.60. The topological polar surface area (TPSA) is 59.7 Å². The molecule has 3 rings (SSSR count). The summed E-state index contributed by atoms with van der Waals surface area (Å²) in [5.41, 5.74) is 0.963. The third-order valence-electron chi connectivity index (χ3n) is 4.30. The molecule has 2 aromatic rings. The molecule has 1 aliphatic heterocycles.